The second-order valence-corrected chi connectivity index (χ2v) is 5.90. The number of anilines is 1. The lowest BCUT2D eigenvalue weighted by Gasteiger charge is -2.10. The van der Waals surface area contributed by atoms with Crippen LogP contribution in [0.1, 0.15) is 46.5 Å². The summed E-state index contributed by atoms with van der Waals surface area (Å²) in [5, 5.41) is 15.3. The first-order valence-electron chi connectivity index (χ1n) is 6.36. The van der Waals surface area contributed by atoms with E-state index in [1.807, 2.05) is 26.2 Å². The van der Waals surface area contributed by atoms with Gasteiger partial charge in [-0.05, 0) is 25.0 Å². The summed E-state index contributed by atoms with van der Waals surface area (Å²) in [6, 6.07) is 3.17. The minimum Gasteiger partial charge on any atom is -0.478 e. The largest absolute Gasteiger partial charge is 0.478 e. The van der Waals surface area contributed by atoms with Crippen molar-refractivity contribution in [3.63, 3.8) is 0 Å². The first kappa shape index (κ1) is 14.5. The number of aryl methyl sites for hydroxylation is 1. The monoisotopic (exact) mass is 291 g/mol. The summed E-state index contributed by atoms with van der Waals surface area (Å²) < 4.78 is 0. The maximum atomic E-state index is 11.1. The topological polar surface area (TPSA) is 75.1 Å². The number of carbonyl (C=O) groups is 1. The molecule has 0 amide bonds. The molecule has 0 saturated heterocycles. The van der Waals surface area contributed by atoms with Crippen molar-refractivity contribution in [3.05, 3.63) is 39.5 Å². The van der Waals surface area contributed by atoms with Crippen molar-refractivity contribution in [1.29, 1.82) is 0 Å². The van der Waals surface area contributed by atoms with Crippen molar-refractivity contribution in [1.82, 2.24) is 9.97 Å². The van der Waals surface area contributed by atoms with Crippen LogP contribution < -0.4 is 5.32 Å². The molecule has 0 saturated carbocycles. The number of rotatable bonds is 5. The zero-order chi connectivity index (χ0) is 14.7. The van der Waals surface area contributed by atoms with Gasteiger partial charge in [-0.2, -0.15) is 0 Å². The zero-order valence-corrected chi connectivity index (χ0v) is 12.5. The van der Waals surface area contributed by atoms with Crippen LogP contribution >= 0.6 is 11.3 Å². The highest BCUT2D eigenvalue weighted by atomic mass is 32.1. The fraction of sp³-hybridized carbons (Fsp3) is 0.357. The van der Waals surface area contributed by atoms with E-state index in [2.05, 4.69) is 15.3 Å². The van der Waals surface area contributed by atoms with Crippen LogP contribution in [0, 0.1) is 6.92 Å². The van der Waals surface area contributed by atoms with Gasteiger partial charge in [0, 0.05) is 11.1 Å². The number of thiazole rings is 1. The highest BCUT2D eigenvalue weighted by Gasteiger charge is 2.11. The molecule has 0 bridgehead atoms. The maximum Gasteiger partial charge on any atom is 0.335 e. The summed E-state index contributed by atoms with van der Waals surface area (Å²) in [4.78, 5) is 19.9. The Balaban J connectivity index is 2.19. The third-order valence-electron chi connectivity index (χ3n) is 2.80. The lowest BCUT2D eigenvalue weighted by molar-refractivity contribution is 0.0696. The predicted octanol–water partition coefficient (Wildman–Crippen LogP) is 3.28. The van der Waals surface area contributed by atoms with Crippen LogP contribution in [0.5, 0.6) is 0 Å². The average molecular weight is 291 g/mol. The summed E-state index contributed by atoms with van der Waals surface area (Å²) >= 11 is 1.59. The normalized spacial score (nSPS) is 10.8. The molecule has 20 heavy (non-hydrogen) atoms. The smallest absolute Gasteiger partial charge is 0.335 e. The van der Waals surface area contributed by atoms with E-state index in [1.54, 1.807) is 23.5 Å². The zero-order valence-electron chi connectivity index (χ0n) is 11.7. The van der Waals surface area contributed by atoms with Crippen molar-refractivity contribution < 1.29 is 9.90 Å². The molecule has 0 fully saturated rings. The standard InChI is InChI=1S/C14H17N3O2S/c1-8(2)12-4-10(14(18)19)5-13(17-12)15-6-11-7-20-9(3)16-11/h4-5,7-8H,6H2,1-3H3,(H,15,17)(H,18,19). The molecule has 0 atom stereocenters. The predicted molar refractivity (Wildman–Crippen MR) is 79.5 cm³/mol. The van der Waals surface area contributed by atoms with Crippen LogP contribution in [-0.4, -0.2) is 21.0 Å². The molecule has 5 nitrogen and oxygen atoms in total. The molecule has 0 aliphatic carbocycles. The second kappa shape index (κ2) is 6.00. The van der Waals surface area contributed by atoms with E-state index in [4.69, 9.17) is 5.11 Å². The summed E-state index contributed by atoms with van der Waals surface area (Å²) in [5.41, 5.74) is 1.95. The van der Waals surface area contributed by atoms with Gasteiger partial charge in [0.25, 0.3) is 0 Å². The van der Waals surface area contributed by atoms with E-state index >= 15 is 0 Å². The molecule has 2 aromatic heterocycles. The number of carboxylic acids is 1. The Morgan fingerprint density at radius 3 is 2.70 bits per heavy atom. The number of aromatic nitrogens is 2. The van der Waals surface area contributed by atoms with Crippen molar-refractivity contribution in [2.24, 2.45) is 0 Å². The average Bonchev–Trinajstić information content (AvgIpc) is 2.81. The molecule has 0 spiro atoms. The summed E-state index contributed by atoms with van der Waals surface area (Å²) in [5.74, 6) is -0.197. The first-order valence-corrected chi connectivity index (χ1v) is 7.24. The van der Waals surface area contributed by atoms with Gasteiger partial charge in [-0.25, -0.2) is 14.8 Å². The fourth-order valence-electron chi connectivity index (χ4n) is 1.73. The lowest BCUT2D eigenvalue weighted by Crippen LogP contribution is -2.07. The Kier molecular flexibility index (Phi) is 4.34. The number of hydrogen-bond acceptors (Lipinski definition) is 5. The molecule has 0 unspecified atom stereocenters. The second-order valence-electron chi connectivity index (χ2n) is 4.84. The molecule has 2 rings (SSSR count). The van der Waals surface area contributed by atoms with Gasteiger partial charge in [0.15, 0.2) is 0 Å². The van der Waals surface area contributed by atoms with Crippen LogP contribution in [-0.2, 0) is 6.54 Å². The molecule has 0 aliphatic heterocycles. The van der Waals surface area contributed by atoms with Crippen molar-refractivity contribution in [2.45, 2.75) is 33.2 Å². The quantitative estimate of drug-likeness (QED) is 0.884. The number of pyridine rings is 1. The van der Waals surface area contributed by atoms with E-state index in [0.29, 0.717) is 12.4 Å². The van der Waals surface area contributed by atoms with Gasteiger partial charge in [0.1, 0.15) is 5.82 Å². The van der Waals surface area contributed by atoms with Gasteiger partial charge in [-0.15, -0.1) is 11.3 Å². The maximum absolute atomic E-state index is 11.1. The first-order chi connectivity index (χ1) is 9.45. The van der Waals surface area contributed by atoms with Crippen LogP contribution in [0.3, 0.4) is 0 Å². The molecular weight excluding hydrogens is 274 g/mol. The number of nitrogens with one attached hydrogen (secondary N) is 1. The van der Waals surface area contributed by atoms with Gasteiger partial charge in [-0.3, -0.25) is 0 Å². The van der Waals surface area contributed by atoms with Gasteiger partial charge >= 0.3 is 5.97 Å². The molecule has 2 N–H and O–H groups in total. The summed E-state index contributed by atoms with van der Waals surface area (Å²) in [7, 11) is 0. The Hall–Kier alpha value is -1.95. The van der Waals surface area contributed by atoms with Crippen molar-refractivity contribution >= 4 is 23.1 Å². The molecule has 2 heterocycles. The number of carboxylic acid groups (broad SMARTS) is 1. The van der Waals surface area contributed by atoms with E-state index in [0.717, 1.165) is 16.4 Å². The van der Waals surface area contributed by atoms with Crippen LogP contribution in [0.15, 0.2) is 17.5 Å². The number of aromatic carboxylic acids is 1. The molecule has 0 aliphatic rings. The van der Waals surface area contributed by atoms with Gasteiger partial charge in [-0.1, -0.05) is 13.8 Å². The van der Waals surface area contributed by atoms with Crippen LogP contribution in [0.4, 0.5) is 5.82 Å². The van der Waals surface area contributed by atoms with E-state index in [9.17, 15) is 4.79 Å². The SMILES string of the molecule is Cc1nc(CNc2cc(C(=O)O)cc(C(C)C)n2)cs1. The number of nitrogens with zero attached hydrogens (tertiary/aromatic N) is 2. The molecule has 6 heteroatoms. The Morgan fingerprint density at radius 1 is 1.40 bits per heavy atom. The molecular formula is C14H17N3O2S. The van der Waals surface area contributed by atoms with Gasteiger partial charge < -0.3 is 10.4 Å². The van der Waals surface area contributed by atoms with Crippen LogP contribution in [0.25, 0.3) is 0 Å². The minimum atomic E-state index is -0.943. The summed E-state index contributed by atoms with van der Waals surface area (Å²) in [6.45, 7) is 6.47. The Bertz CT molecular complexity index is 623. The van der Waals surface area contributed by atoms with Gasteiger partial charge in [0.05, 0.1) is 22.8 Å². The molecule has 2 aromatic rings. The highest BCUT2D eigenvalue weighted by Crippen LogP contribution is 2.18. The van der Waals surface area contributed by atoms with E-state index in [-0.39, 0.29) is 11.5 Å². The summed E-state index contributed by atoms with van der Waals surface area (Å²) in [6.07, 6.45) is 0. The van der Waals surface area contributed by atoms with E-state index < -0.39 is 5.97 Å². The number of hydrogen-bond donors (Lipinski definition) is 2. The minimum absolute atomic E-state index is 0.177. The van der Waals surface area contributed by atoms with Crippen molar-refractivity contribution in [2.75, 3.05) is 5.32 Å². The lowest BCUT2D eigenvalue weighted by atomic mass is 10.1. The molecule has 0 aromatic carbocycles. The molecule has 106 valence electrons. The van der Waals surface area contributed by atoms with Gasteiger partial charge in [0.2, 0.25) is 0 Å². The van der Waals surface area contributed by atoms with Crippen molar-refractivity contribution in [3.8, 4) is 0 Å². The Labute approximate surface area is 121 Å². The molecule has 0 radical (unpaired) electrons. The third kappa shape index (κ3) is 3.54. The highest BCUT2D eigenvalue weighted by molar-refractivity contribution is 7.09. The van der Waals surface area contributed by atoms with E-state index in [1.165, 1.54) is 0 Å². The third-order valence-corrected chi connectivity index (χ3v) is 3.62. The fourth-order valence-corrected chi connectivity index (χ4v) is 2.34. The van der Waals surface area contributed by atoms with Crippen LogP contribution in [0.2, 0.25) is 0 Å². The Morgan fingerprint density at radius 2 is 2.15 bits per heavy atom.